The minimum Gasteiger partial charge on any atom is -0.244 e. The van der Waals surface area contributed by atoms with Crippen LogP contribution in [0.15, 0.2) is 29.3 Å². The summed E-state index contributed by atoms with van der Waals surface area (Å²) in [6.07, 6.45) is 2.77. The Kier molecular flexibility index (Phi) is 3.06. The van der Waals surface area contributed by atoms with Crippen molar-refractivity contribution in [3.05, 3.63) is 34.8 Å². The van der Waals surface area contributed by atoms with Crippen molar-refractivity contribution in [1.82, 2.24) is 0 Å². The molecular formula is C14H19NO2. The van der Waals surface area contributed by atoms with E-state index in [-0.39, 0.29) is 5.60 Å². The van der Waals surface area contributed by atoms with E-state index in [1.54, 1.807) is 0 Å². The molecule has 3 nitrogen and oxygen atoms in total. The summed E-state index contributed by atoms with van der Waals surface area (Å²) >= 11 is 0. The van der Waals surface area contributed by atoms with Crippen molar-refractivity contribution in [2.24, 2.45) is 4.99 Å². The van der Waals surface area contributed by atoms with Gasteiger partial charge in [-0.05, 0) is 32.9 Å². The van der Waals surface area contributed by atoms with Gasteiger partial charge in [0.1, 0.15) is 0 Å². The summed E-state index contributed by atoms with van der Waals surface area (Å²) in [5.74, 6) is 0. The van der Waals surface area contributed by atoms with E-state index in [0.29, 0.717) is 0 Å². The van der Waals surface area contributed by atoms with Crippen LogP contribution in [0.4, 0.5) is 0 Å². The van der Waals surface area contributed by atoms with E-state index in [9.17, 15) is 0 Å². The summed E-state index contributed by atoms with van der Waals surface area (Å²) in [6, 6.07) is 8.01. The lowest BCUT2D eigenvalue weighted by atomic mass is 10.1. The Morgan fingerprint density at radius 1 is 1.24 bits per heavy atom. The maximum absolute atomic E-state index is 5.56. The number of fused-ring (bicyclic) bond motifs is 1. The first-order chi connectivity index (χ1) is 7.94. The zero-order valence-corrected chi connectivity index (χ0v) is 10.9. The van der Waals surface area contributed by atoms with Gasteiger partial charge in [-0.15, -0.1) is 0 Å². The minimum absolute atomic E-state index is 0.333. The average molecular weight is 233 g/mol. The predicted octanol–water partition coefficient (Wildman–Crippen LogP) is 1.95. The Morgan fingerprint density at radius 2 is 1.94 bits per heavy atom. The summed E-state index contributed by atoms with van der Waals surface area (Å²) < 4.78 is 0. The number of nitrogens with zero attached hydrogens (tertiary/aromatic N) is 1. The fraction of sp³-hybridized carbons (Fsp3) is 0.500. The van der Waals surface area contributed by atoms with Crippen LogP contribution in [0.3, 0.4) is 0 Å². The van der Waals surface area contributed by atoms with Gasteiger partial charge < -0.3 is 0 Å². The summed E-state index contributed by atoms with van der Waals surface area (Å²) in [4.78, 5) is 15.6. The number of para-hydroxylation sites is 1. The van der Waals surface area contributed by atoms with E-state index in [2.05, 4.69) is 4.99 Å². The van der Waals surface area contributed by atoms with Crippen molar-refractivity contribution >= 4 is 6.08 Å². The Labute approximate surface area is 102 Å². The van der Waals surface area contributed by atoms with Crippen LogP contribution in [0.5, 0.6) is 0 Å². The molecule has 0 saturated carbocycles. The average Bonchev–Trinajstić information content (AvgIpc) is 2.65. The molecule has 17 heavy (non-hydrogen) atoms. The summed E-state index contributed by atoms with van der Waals surface area (Å²) in [5.41, 5.74) is -1.00. The van der Waals surface area contributed by atoms with E-state index in [1.165, 1.54) is 0 Å². The first-order valence-corrected chi connectivity index (χ1v) is 5.99. The fourth-order valence-corrected chi connectivity index (χ4v) is 1.67. The summed E-state index contributed by atoms with van der Waals surface area (Å²) in [7, 11) is 0. The van der Waals surface area contributed by atoms with Gasteiger partial charge in [0.2, 0.25) is 5.72 Å². The van der Waals surface area contributed by atoms with E-state index < -0.39 is 5.72 Å². The molecule has 0 aromatic heterocycles. The van der Waals surface area contributed by atoms with Gasteiger partial charge >= 0.3 is 0 Å². The van der Waals surface area contributed by atoms with Crippen molar-refractivity contribution in [2.75, 3.05) is 0 Å². The molecule has 0 N–H and O–H groups in total. The van der Waals surface area contributed by atoms with Crippen LogP contribution in [0.1, 0.15) is 34.1 Å². The molecule has 0 amide bonds. The maximum Gasteiger partial charge on any atom is 0.212 e. The zero-order valence-electron chi connectivity index (χ0n) is 10.9. The van der Waals surface area contributed by atoms with Gasteiger partial charge in [-0.1, -0.05) is 25.1 Å². The monoisotopic (exact) mass is 233 g/mol. The van der Waals surface area contributed by atoms with Crippen molar-refractivity contribution in [2.45, 2.75) is 45.4 Å². The Morgan fingerprint density at radius 3 is 2.53 bits per heavy atom. The second-order valence-electron chi connectivity index (χ2n) is 5.29. The molecule has 0 fully saturated rings. The second-order valence-corrected chi connectivity index (χ2v) is 5.29. The Bertz CT molecular complexity index is 479. The predicted molar refractivity (Wildman–Crippen MR) is 66.6 cm³/mol. The first kappa shape index (κ1) is 12.3. The smallest absolute Gasteiger partial charge is 0.212 e. The Hall–Kier alpha value is -1.19. The van der Waals surface area contributed by atoms with Gasteiger partial charge in [-0.3, -0.25) is 0 Å². The molecule has 3 heteroatoms. The van der Waals surface area contributed by atoms with E-state index in [4.69, 9.17) is 9.78 Å². The Balaban J connectivity index is 2.28. The van der Waals surface area contributed by atoms with Crippen molar-refractivity contribution in [3.8, 4) is 0 Å². The fourth-order valence-electron chi connectivity index (χ4n) is 1.67. The number of rotatable bonds is 3. The van der Waals surface area contributed by atoms with Crippen molar-refractivity contribution in [1.29, 1.82) is 0 Å². The molecule has 1 heterocycles. The van der Waals surface area contributed by atoms with Crippen molar-refractivity contribution in [3.63, 3.8) is 0 Å². The first-order valence-electron chi connectivity index (χ1n) is 5.99. The van der Waals surface area contributed by atoms with Gasteiger partial charge in [0.25, 0.3) is 0 Å². The highest BCUT2D eigenvalue weighted by atomic mass is 17.2. The molecule has 2 rings (SSSR count). The molecule has 0 bridgehead atoms. The third-order valence-corrected chi connectivity index (χ3v) is 2.57. The summed E-state index contributed by atoms with van der Waals surface area (Å²) in [6.45, 7) is 7.91. The van der Waals surface area contributed by atoms with Crippen LogP contribution < -0.4 is 10.6 Å². The highest BCUT2D eigenvalue weighted by Crippen LogP contribution is 2.24. The van der Waals surface area contributed by atoms with E-state index in [1.807, 2.05) is 58.0 Å². The molecule has 0 aliphatic carbocycles. The number of hydrogen-bond donors (Lipinski definition) is 0. The van der Waals surface area contributed by atoms with Gasteiger partial charge in [-0.25, -0.2) is 14.8 Å². The lowest BCUT2D eigenvalue weighted by Crippen LogP contribution is -2.31. The zero-order chi connectivity index (χ0) is 12.5. The van der Waals surface area contributed by atoms with Crippen LogP contribution in [0.2, 0.25) is 0 Å². The van der Waals surface area contributed by atoms with Gasteiger partial charge in [0, 0.05) is 11.6 Å². The highest BCUT2D eigenvalue weighted by Gasteiger charge is 2.31. The van der Waals surface area contributed by atoms with Gasteiger partial charge in [0.05, 0.1) is 11.0 Å². The summed E-state index contributed by atoms with van der Waals surface area (Å²) in [5, 5.41) is 2.07. The lowest BCUT2D eigenvalue weighted by molar-refractivity contribution is -0.388. The molecule has 1 aliphatic rings. The molecule has 1 aromatic rings. The molecular weight excluding hydrogens is 214 g/mol. The van der Waals surface area contributed by atoms with Crippen LogP contribution in [0, 0.1) is 0 Å². The second kappa shape index (κ2) is 4.24. The molecule has 1 aliphatic heterocycles. The molecule has 92 valence electrons. The molecule has 1 aromatic carbocycles. The van der Waals surface area contributed by atoms with E-state index in [0.717, 1.165) is 17.0 Å². The van der Waals surface area contributed by atoms with Crippen LogP contribution >= 0.6 is 0 Å². The standard InChI is InChI=1S/C14H19NO2/c1-5-14(17-16-13(2,3)4)10-11-8-6-7-9-12(11)15-14/h6-10H,5H2,1-4H3. The number of hydrogen-bond acceptors (Lipinski definition) is 3. The third-order valence-electron chi connectivity index (χ3n) is 2.57. The molecule has 0 spiro atoms. The topological polar surface area (TPSA) is 30.8 Å². The van der Waals surface area contributed by atoms with Crippen molar-refractivity contribution < 1.29 is 9.78 Å². The van der Waals surface area contributed by atoms with E-state index >= 15 is 0 Å². The highest BCUT2D eigenvalue weighted by molar-refractivity contribution is 5.38. The SMILES string of the molecule is CCC1(OOC(C)(C)C)C=c2ccccc2=N1. The maximum atomic E-state index is 5.56. The van der Waals surface area contributed by atoms with Crippen LogP contribution in [-0.2, 0) is 9.78 Å². The van der Waals surface area contributed by atoms with Crippen LogP contribution in [0.25, 0.3) is 6.08 Å². The lowest BCUT2D eigenvalue weighted by Gasteiger charge is -2.26. The molecule has 0 radical (unpaired) electrons. The van der Waals surface area contributed by atoms with Crippen LogP contribution in [-0.4, -0.2) is 11.3 Å². The number of benzene rings is 1. The molecule has 0 saturated heterocycles. The molecule has 1 unspecified atom stereocenters. The third kappa shape index (κ3) is 2.73. The minimum atomic E-state index is -0.670. The quantitative estimate of drug-likeness (QED) is 0.590. The molecule has 1 atom stereocenters. The van der Waals surface area contributed by atoms with Gasteiger partial charge in [0.15, 0.2) is 0 Å². The van der Waals surface area contributed by atoms with Gasteiger partial charge in [-0.2, -0.15) is 0 Å². The normalized spacial score (nSPS) is 22.8. The largest absolute Gasteiger partial charge is 0.244 e.